The molecule has 1 aliphatic rings. The predicted octanol–water partition coefficient (Wildman–Crippen LogP) is 0.588. The van der Waals surface area contributed by atoms with Crippen molar-refractivity contribution >= 4 is 37.8 Å². The molecule has 0 fully saturated rings. The minimum Gasteiger partial charge on any atom is -1.00 e. The van der Waals surface area contributed by atoms with E-state index in [9.17, 15) is 29.1 Å². The van der Waals surface area contributed by atoms with Crippen molar-refractivity contribution < 1.29 is 94.3 Å². The van der Waals surface area contributed by atoms with Gasteiger partial charge in [-0.3, -0.25) is 24.0 Å². The monoisotopic (exact) mass is 821 g/mol. The Morgan fingerprint density at radius 1 is 0.804 bits per heavy atom. The molecule has 0 heterocycles. The number of hydrogen-bond donors (Lipinski definition) is 4. The molecule has 0 bridgehead atoms. The molecule has 0 saturated heterocycles. The molecule has 56 heavy (non-hydrogen) atoms. The third-order valence-corrected chi connectivity index (χ3v) is 13.5. The van der Waals surface area contributed by atoms with Gasteiger partial charge < -0.3 is 34.9 Å². The number of nitrogens with one attached hydrogen (secondary N) is 3. The summed E-state index contributed by atoms with van der Waals surface area (Å²) in [7, 11) is 2.87. The van der Waals surface area contributed by atoms with Gasteiger partial charge in [-0.1, -0.05) is 58.5 Å². The van der Waals surface area contributed by atoms with Crippen LogP contribution in [0.3, 0.4) is 0 Å². The molecule has 1 aliphatic carbocycles. The fourth-order valence-corrected chi connectivity index (χ4v) is 5.68. The van der Waals surface area contributed by atoms with Crippen LogP contribution in [0.25, 0.3) is 0 Å². The van der Waals surface area contributed by atoms with E-state index in [2.05, 4.69) is 56.4 Å². The number of halogens is 1. The van der Waals surface area contributed by atoms with E-state index in [0.29, 0.717) is 49.8 Å². The van der Waals surface area contributed by atoms with E-state index < -0.39 is 8.32 Å². The third kappa shape index (κ3) is 20.7. The van der Waals surface area contributed by atoms with Gasteiger partial charge in [0.15, 0.2) is 5.78 Å². The molecule has 0 unspecified atom stereocenters. The number of benzene rings is 2. The Morgan fingerprint density at radius 2 is 1.29 bits per heavy atom. The zero-order valence-corrected chi connectivity index (χ0v) is 39.4. The zero-order chi connectivity index (χ0) is 41.1. The fraction of sp³-hybridized carbons (Fsp3) is 0.452. The minimum absolute atomic E-state index is 0. The molecule has 0 aliphatic heterocycles. The summed E-state index contributed by atoms with van der Waals surface area (Å²) in [6, 6.07) is 11.4. The Labute approximate surface area is 376 Å². The van der Waals surface area contributed by atoms with Crippen LogP contribution in [0.1, 0.15) is 82.6 Å². The fourth-order valence-electron chi connectivity index (χ4n) is 4.62. The van der Waals surface area contributed by atoms with Gasteiger partial charge in [0.2, 0.25) is 26.0 Å². The molecule has 0 radical (unpaired) electrons. The average Bonchev–Trinajstić information content (AvgIpc) is 3.13. The van der Waals surface area contributed by atoms with Gasteiger partial charge in [0.05, 0.1) is 0 Å². The molecule has 304 valence electrons. The second kappa shape index (κ2) is 27.3. The number of phenolic OH excluding ortho intramolecular Hbond substituents is 1. The van der Waals surface area contributed by atoms with Gasteiger partial charge in [0, 0.05) is 58.5 Å². The van der Waals surface area contributed by atoms with Crippen LogP contribution >= 0.6 is 0 Å². The maximum Gasteiger partial charge on any atom is 1.00 e. The molecule has 0 spiro atoms. The maximum atomic E-state index is 11.5. The van der Waals surface area contributed by atoms with Crippen LogP contribution in [0.15, 0.2) is 72.4 Å². The van der Waals surface area contributed by atoms with Crippen molar-refractivity contribution in [2.24, 2.45) is 0 Å². The van der Waals surface area contributed by atoms with Gasteiger partial charge in [0.25, 0.3) is 0 Å². The molecule has 11 nitrogen and oxygen atoms in total. The second-order valence-corrected chi connectivity index (χ2v) is 19.1. The van der Waals surface area contributed by atoms with Crippen LogP contribution in [0, 0.1) is 0 Å². The molecular weight excluding hydrogens is 761 g/mol. The number of carbonyl (C=O) groups excluding carboxylic acids is 5. The number of phenols is 1. The van der Waals surface area contributed by atoms with E-state index in [1.807, 2.05) is 37.3 Å². The van der Waals surface area contributed by atoms with Crippen LogP contribution in [-0.2, 0) is 54.6 Å². The number of aromatic hydroxyl groups is 1. The van der Waals surface area contributed by atoms with Crippen LogP contribution < -0.4 is 76.5 Å². The average molecular weight is 822 g/mol. The number of allylic oxidation sites excluding steroid dienone is 5. The molecule has 0 saturated carbocycles. The number of ether oxygens (including phenoxy) is 1. The van der Waals surface area contributed by atoms with Crippen LogP contribution in [-0.4, -0.2) is 64.0 Å². The number of carbonyl (C=O) groups is 5. The summed E-state index contributed by atoms with van der Waals surface area (Å²) < 4.78 is 11.6. The molecule has 14 heteroatoms. The van der Waals surface area contributed by atoms with Crippen molar-refractivity contribution in [2.45, 2.75) is 104 Å². The summed E-state index contributed by atoms with van der Waals surface area (Å²) in [5, 5.41) is 17.3. The van der Waals surface area contributed by atoms with Crippen LogP contribution in [0.5, 0.6) is 11.5 Å². The van der Waals surface area contributed by atoms with Gasteiger partial charge in [-0.05, 0) is 96.4 Å². The van der Waals surface area contributed by atoms with Gasteiger partial charge in [-0.25, -0.2) is 0 Å². The molecule has 3 amide bonds. The first kappa shape index (κ1) is 54.7. The van der Waals surface area contributed by atoms with E-state index in [1.165, 1.54) is 13.0 Å². The molecule has 3 rings (SSSR count). The quantitative estimate of drug-likeness (QED) is 0.123. The number of esters is 1. The first-order valence-electron chi connectivity index (χ1n) is 18.2. The number of amides is 3. The first-order chi connectivity index (χ1) is 25.3. The summed E-state index contributed by atoms with van der Waals surface area (Å²) in [5.74, 6) is 0.756. The third-order valence-electron chi connectivity index (χ3n) is 9.14. The summed E-state index contributed by atoms with van der Waals surface area (Å²) in [4.78, 5) is 55.7. The van der Waals surface area contributed by atoms with Gasteiger partial charge in [-0.15, -0.1) is 0 Å². The standard InChI is InChI=1S/C19H31NO4Si.C12H17NO2.C11H13NO2.FH.K/c1-14(21)23-13-16-12-15(9-11-18(22)20-5)8-10-17(16)24-25(6,7)19(2,3)4;1-3-10-8-9(4-6-11(10)14)5-7-12(15)13-2;1-8-7-9(3-5-10(8)13)4-6-11(14)12-2;;/h8,10,12H,9,11,13H2,1-7H3,(H,20,22);4,6,8,14H,3,5,7H2,1-2H3,(H,13,15);3,5,7H,1,4,6H2,2H3,(H,12,14);1H;/q;;;;+1/p-1. The molecule has 2 aromatic carbocycles. The molecule has 0 aromatic heterocycles. The smallest absolute Gasteiger partial charge is 1.00 e. The molecule has 0 atom stereocenters. The number of rotatable bonds is 14. The van der Waals surface area contributed by atoms with Gasteiger partial charge in [-0.2, -0.15) is 0 Å². The number of hydrogen-bond acceptors (Lipinski definition) is 8. The molecule has 4 N–H and O–H groups in total. The Kier molecular flexibility index (Phi) is 26.6. The predicted molar refractivity (Wildman–Crippen MR) is 217 cm³/mol. The zero-order valence-electron chi connectivity index (χ0n) is 35.2. The molecular formula is C42H61FKN3O8Si. The van der Waals surface area contributed by atoms with Gasteiger partial charge in [0.1, 0.15) is 18.1 Å². The minimum atomic E-state index is -2.00. The van der Waals surface area contributed by atoms with Crippen molar-refractivity contribution in [2.75, 3.05) is 21.1 Å². The van der Waals surface area contributed by atoms with E-state index in [-0.39, 0.29) is 97.2 Å². The van der Waals surface area contributed by atoms with E-state index in [1.54, 1.807) is 39.4 Å². The maximum absolute atomic E-state index is 11.5. The van der Waals surface area contributed by atoms with Crippen molar-refractivity contribution in [3.8, 4) is 11.5 Å². The number of ketones is 1. The van der Waals surface area contributed by atoms with Crippen LogP contribution in [0.2, 0.25) is 18.1 Å². The van der Waals surface area contributed by atoms with Gasteiger partial charge >= 0.3 is 57.4 Å². The largest absolute Gasteiger partial charge is 1.00 e. The number of aryl methyl sites for hydroxylation is 3. The Bertz CT molecular complexity index is 1700. The summed E-state index contributed by atoms with van der Waals surface area (Å²) in [6.07, 6.45) is 9.10. The summed E-state index contributed by atoms with van der Waals surface area (Å²) in [6.45, 7) is 18.1. The molecule has 2 aromatic rings. The second-order valence-electron chi connectivity index (χ2n) is 14.4. The Hall–Kier alpha value is -3.41. The summed E-state index contributed by atoms with van der Waals surface area (Å²) in [5.41, 5.74) is 5.35. The van der Waals surface area contributed by atoms with Crippen LogP contribution in [0.4, 0.5) is 0 Å². The SMILES string of the molecule is C=C1C=C(CCC(=O)NC)C=CC1=O.CCc1cc(CCC(=O)NC)ccc1O.CNC(=O)CCc1ccc(O[Si](C)(C)C(C)(C)C)c(COC(C)=O)c1.[F-].[K+]. The first-order valence-corrected chi connectivity index (χ1v) is 21.2. The van der Waals surface area contributed by atoms with Crippen molar-refractivity contribution in [1.82, 2.24) is 16.0 Å². The Morgan fingerprint density at radius 3 is 1.73 bits per heavy atom. The Balaban J connectivity index is 0. The summed E-state index contributed by atoms with van der Waals surface area (Å²) >= 11 is 0. The topological polar surface area (TPSA) is 160 Å². The van der Waals surface area contributed by atoms with Crippen molar-refractivity contribution in [3.63, 3.8) is 0 Å². The van der Waals surface area contributed by atoms with E-state index in [0.717, 1.165) is 40.0 Å². The van der Waals surface area contributed by atoms with Crippen molar-refractivity contribution in [3.05, 3.63) is 94.6 Å². The van der Waals surface area contributed by atoms with Crippen molar-refractivity contribution in [1.29, 1.82) is 0 Å². The normalized spacial score (nSPS) is 11.8. The van der Waals surface area contributed by atoms with E-state index >= 15 is 0 Å². The van der Waals surface area contributed by atoms with E-state index in [4.69, 9.17) is 9.16 Å².